The van der Waals surface area contributed by atoms with Crippen molar-refractivity contribution in [3.8, 4) is 11.1 Å². The van der Waals surface area contributed by atoms with Gasteiger partial charge in [-0.15, -0.1) is 0 Å². The number of amides is 1. The third-order valence-electron chi connectivity index (χ3n) is 3.84. The standard InChI is InChI=1S/C21H17NO3/c22-20(23)18-10-12-19(13-11-18)21(24)25-14-15-6-8-17(9-7-15)16-4-2-1-3-5-16/h1-13H,14H2,(H2,22,23). The summed E-state index contributed by atoms with van der Waals surface area (Å²) in [6.45, 7) is 0.186. The van der Waals surface area contributed by atoms with Crippen molar-refractivity contribution >= 4 is 11.9 Å². The van der Waals surface area contributed by atoms with E-state index in [0.717, 1.165) is 16.7 Å². The molecule has 0 aliphatic heterocycles. The van der Waals surface area contributed by atoms with Crippen molar-refractivity contribution in [1.82, 2.24) is 0 Å². The molecule has 3 aromatic carbocycles. The monoisotopic (exact) mass is 331 g/mol. The Bertz CT molecular complexity index is 869. The molecule has 3 aromatic rings. The van der Waals surface area contributed by atoms with Crippen LogP contribution in [0.2, 0.25) is 0 Å². The molecule has 3 rings (SSSR count). The van der Waals surface area contributed by atoms with Gasteiger partial charge in [-0.2, -0.15) is 0 Å². The maximum Gasteiger partial charge on any atom is 0.338 e. The van der Waals surface area contributed by atoms with Gasteiger partial charge in [0.25, 0.3) is 0 Å². The number of nitrogens with two attached hydrogens (primary N) is 1. The first-order chi connectivity index (χ1) is 12.1. The number of benzene rings is 3. The number of carbonyl (C=O) groups excluding carboxylic acids is 2. The van der Waals surface area contributed by atoms with Gasteiger partial charge in [0.05, 0.1) is 5.56 Å². The van der Waals surface area contributed by atoms with Gasteiger partial charge < -0.3 is 10.5 Å². The molecule has 0 bridgehead atoms. The highest BCUT2D eigenvalue weighted by atomic mass is 16.5. The topological polar surface area (TPSA) is 69.4 Å². The Kier molecular flexibility index (Phi) is 4.90. The quantitative estimate of drug-likeness (QED) is 0.723. The molecule has 0 unspecified atom stereocenters. The minimum absolute atomic E-state index is 0.186. The van der Waals surface area contributed by atoms with Crippen molar-refractivity contribution < 1.29 is 14.3 Å². The first-order valence-corrected chi connectivity index (χ1v) is 7.85. The van der Waals surface area contributed by atoms with Gasteiger partial charge in [0.2, 0.25) is 5.91 Å². The van der Waals surface area contributed by atoms with Crippen LogP contribution in [-0.2, 0) is 11.3 Å². The predicted octanol–water partition coefficient (Wildman–Crippen LogP) is 3.81. The first-order valence-electron chi connectivity index (χ1n) is 7.85. The number of hydrogen-bond acceptors (Lipinski definition) is 3. The highest BCUT2D eigenvalue weighted by Gasteiger charge is 2.09. The maximum atomic E-state index is 12.0. The Morgan fingerprint density at radius 2 is 1.28 bits per heavy atom. The second-order valence-electron chi connectivity index (χ2n) is 5.58. The SMILES string of the molecule is NC(=O)c1ccc(C(=O)OCc2ccc(-c3ccccc3)cc2)cc1. The molecule has 0 saturated carbocycles. The molecule has 0 radical (unpaired) electrons. The number of esters is 1. The number of ether oxygens (including phenoxy) is 1. The molecule has 1 amide bonds. The number of rotatable bonds is 5. The van der Waals surface area contributed by atoms with Gasteiger partial charge >= 0.3 is 5.97 Å². The second-order valence-corrected chi connectivity index (χ2v) is 5.58. The molecular weight excluding hydrogens is 314 g/mol. The van der Waals surface area contributed by atoms with E-state index in [-0.39, 0.29) is 6.61 Å². The van der Waals surface area contributed by atoms with Gasteiger partial charge in [-0.05, 0) is 41.0 Å². The summed E-state index contributed by atoms with van der Waals surface area (Å²) in [7, 11) is 0. The Morgan fingerprint density at radius 1 is 0.720 bits per heavy atom. The van der Waals surface area contributed by atoms with Crippen LogP contribution < -0.4 is 5.73 Å². The van der Waals surface area contributed by atoms with Crippen LogP contribution >= 0.6 is 0 Å². The van der Waals surface area contributed by atoms with Crippen molar-refractivity contribution in [1.29, 1.82) is 0 Å². The van der Waals surface area contributed by atoms with Crippen molar-refractivity contribution in [2.75, 3.05) is 0 Å². The highest BCUT2D eigenvalue weighted by molar-refractivity contribution is 5.95. The first kappa shape index (κ1) is 16.5. The van der Waals surface area contributed by atoms with E-state index < -0.39 is 11.9 Å². The smallest absolute Gasteiger partial charge is 0.338 e. The van der Waals surface area contributed by atoms with Crippen molar-refractivity contribution in [3.05, 3.63) is 95.6 Å². The molecule has 0 aliphatic carbocycles. The van der Waals surface area contributed by atoms with Crippen LogP contribution in [0.1, 0.15) is 26.3 Å². The number of carbonyl (C=O) groups is 2. The second kappa shape index (κ2) is 7.45. The fourth-order valence-corrected chi connectivity index (χ4v) is 2.43. The molecule has 0 atom stereocenters. The Morgan fingerprint density at radius 3 is 1.88 bits per heavy atom. The van der Waals surface area contributed by atoms with Crippen LogP contribution in [0.3, 0.4) is 0 Å². The normalized spacial score (nSPS) is 10.2. The molecule has 2 N–H and O–H groups in total. The zero-order chi connectivity index (χ0) is 17.6. The molecule has 0 aromatic heterocycles. The fraction of sp³-hybridized carbons (Fsp3) is 0.0476. The van der Waals surface area contributed by atoms with Gasteiger partial charge in [-0.25, -0.2) is 4.79 Å². The molecule has 124 valence electrons. The largest absolute Gasteiger partial charge is 0.457 e. The zero-order valence-corrected chi connectivity index (χ0v) is 13.5. The van der Waals surface area contributed by atoms with Crippen LogP contribution in [0.5, 0.6) is 0 Å². The van der Waals surface area contributed by atoms with Crippen LogP contribution in [0.4, 0.5) is 0 Å². The van der Waals surface area contributed by atoms with Crippen LogP contribution in [0.25, 0.3) is 11.1 Å². The van der Waals surface area contributed by atoms with Crippen molar-refractivity contribution in [3.63, 3.8) is 0 Å². The van der Waals surface area contributed by atoms with E-state index in [0.29, 0.717) is 11.1 Å². The average molecular weight is 331 g/mol. The van der Waals surface area contributed by atoms with Crippen molar-refractivity contribution in [2.24, 2.45) is 5.73 Å². The Balaban J connectivity index is 1.61. The average Bonchev–Trinajstić information content (AvgIpc) is 2.67. The van der Waals surface area contributed by atoms with Gasteiger partial charge in [0.1, 0.15) is 6.61 Å². The molecular formula is C21H17NO3. The van der Waals surface area contributed by atoms with E-state index in [1.54, 1.807) is 0 Å². The van der Waals surface area contributed by atoms with E-state index in [9.17, 15) is 9.59 Å². The minimum Gasteiger partial charge on any atom is -0.457 e. The van der Waals surface area contributed by atoms with Gasteiger partial charge in [0, 0.05) is 5.56 Å². The lowest BCUT2D eigenvalue weighted by Crippen LogP contribution is -2.11. The Labute approximate surface area is 145 Å². The molecule has 0 fully saturated rings. The minimum atomic E-state index is -0.529. The van der Waals surface area contributed by atoms with E-state index in [1.165, 1.54) is 24.3 Å². The van der Waals surface area contributed by atoms with E-state index >= 15 is 0 Å². The van der Waals surface area contributed by atoms with Gasteiger partial charge in [-0.3, -0.25) is 4.79 Å². The van der Waals surface area contributed by atoms with E-state index in [1.807, 2.05) is 54.6 Å². The maximum absolute atomic E-state index is 12.0. The van der Waals surface area contributed by atoms with Crippen LogP contribution in [-0.4, -0.2) is 11.9 Å². The fourth-order valence-electron chi connectivity index (χ4n) is 2.43. The molecule has 0 saturated heterocycles. The van der Waals surface area contributed by atoms with Crippen molar-refractivity contribution in [2.45, 2.75) is 6.61 Å². The lowest BCUT2D eigenvalue weighted by Gasteiger charge is -2.07. The summed E-state index contributed by atoms with van der Waals surface area (Å²) in [4.78, 5) is 23.1. The van der Waals surface area contributed by atoms with Crippen LogP contribution in [0, 0.1) is 0 Å². The summed E-state index contributed by atoms with van der Waals surface area (Å²) in [5.74, 6) is -0.971. The lowest BCUT2D eigenvalue weighted by molar-refractivity contribution is 0.0472. The van der Waals surface area contributed by atoms with E-state index in [4.69, 9.17) is 10.5 Å². The van der Waals surface area contributed by atoms with E-state index in [2.05, 4.69) is 0 Å². The third kappa shape index (κ3) is 4.12. The molecule has 0 heterocycles. The summed E-state index contributed by atoms with van der Waals surface area (Å²) in [5.41, 5.74) is 9.06. The third-order valence-corrected chi connectivity index (χ3v) is 3.84. The molecule has 4 heteroatoms. The molecule has 0 spiro atoms. The summed E-state index contributed by atoms with van der Waals surface area (Å²) >= 11 is 0. The Hall–Kier alpha value is -3.40. The lowest BCUT2D eigenvalue weighted by atomic mass is 10.0. The number of primary amides is 1. The number of hydrogen-bond donors (Lipinski definition) is 1. The van der Waals surface area contributed by atoms with Crippen LogP contribution in [0.15, 0.2) is 78.9 Å². The summed E-state index contributed by atoms with van der Waals surface area (Å²) in [6, 6.07) is 24.0. The molecule has 0 aliphatic rings. The molecule has 4 nitrogen and oxygen atoms in total. The highest BCUT2D eigenvalue weighted by Crippen LogP contribution is 2.19. The van der Waals surface area contributed by atoms with Gasteiger partial charge in [0.15, 0.2) is 0 Å². The predicted molar refractivity (Wildman–Crippen MR) is 96.0 cm³/mol. The summed E-state index contributed by atoms with van der Waals surface area (Å²) in [5, 5.41) is 0. The van der Waals surface area contributed by atoms with Gasteiger partial charge in [-0.1, -0.05) is 54.6 Å². The summed E-state index contributed by atoms with van der Waals surface area (Å²) in [6.07, 6.45) is 0. The summed E-state index contributed by atoms with van der Waals surface area (Å²) < 4.78 is 5.30. The zero-order valence-electron chi connectivity index (χ0n) is 13.5. The molecule has 25 heavy (non-hydrogen) atoms.